The molecule has 0 aliphatic heterocycles. The van der Waals surface area contributed by atoms with Gasteiger partial charge in [0.25, 0.3) is 11.8 Å². The minimum Gasteiger partial charge on any atom is -0.352 e. The molecule has 0 atom stereocenters. The Hall–Kier alpha value is -3.19. The zero-order chi connectivity index (χ0) is 21.0. The third kappa shape index (κ3) is 4.81. The number of carbonyl (C=O) groups is 2. The zero-order valence-corrected chi connectivity index (χ0v) is 17.2. The van der Waals surface area contributed by atoms with E-state index in [1.807, 2.05) is 19.9 Å². The van der Waals surface area contributed by atoms with Crippen LogP contribution in [0.2, 0.25) is 5.02 Å². The summed E-state index contributed by atoms with van der Waals surface area (Å²) in [6.45, 7) is 6.32. The Kier molecular flexibility index (Phi) is 6.29. The van der Waals surface area contributed by atoms with E-state index in [1.165, 1.54) is 0 Å². The molecule has 0 saturated heterocycles. The Morgan fingerprint density at radius 2 is 1.86 bits per heavy atom. The summed E-state index contributed by atoms with van der Waals surface area (Å²) in [5.41, 5.74) is 2.24. The van der Waals surface area contributed by atoms with Gasteiger partial charge in [0.2, 0.25) is 0 Å². The molecule has 8 heteroatoms. The Balaban J connectivity index is 1.82. The highest BCUT2D eigenvalue weighted by Crippen LogP contribution is 2.19. The van der Waals surface area contributed by atoms with E-state index in [0.29, 0.717) is 40.1 Å². The number of benzene rings is 2. The molecule has 3 aromatic rings. The standard InChI is InChI=1S/C21H22ClN5O2/c1-13(2)12-23-20(28)17-9-4-5-10-18(17)24-21(29)19-14(3)27(26-25-19)16-8-6-7-15(22)11-16/h4-11,13H,12H2,1-3H3,(H,23,28)(H,24,29). The van der Waals surface area contributed by atoms with Gasteiger partial charge < -0.3 is 10.6 Å². The van der Waals surface area contributed by atoms with Crippen molar-refractivity contribution in [1.29, 1.82) is 0 Å². The van der Waals surface area contributed by atoms with Gasteiger partial charge in [0.1, 0.15) is 0 Å². The van der Waals surface area contributed by atoms with Crippen LogP contribution in [-0.2, 0) is 0 Å². The molecule has 7 nitrogen and oxygen atoms in total. The number of carbonyl (C=O) groups excluding carboxylic acids is 2. The SMILES string of the molecule is Cc1c(C(=O)Nc2ccccc2C(=O)NCC(C)C)nnn1-c1cccc(Cl)c1. The molecule has 29 heavy (non-hydrogen) atoms. The maximum absolute atomic E-state index is 12.8. The summed E-state index contributed by atoms with van der Waals surface area (Å²) in [7, 11) is 0. The van der Waals surface area contributed by atoms with Crippen LogP contribution in [0, 0.1) is 12.8 Å². The number of rotatable bonds is 6. The average Bonchev–Trinajstić information content (AvgIpc) is 3.08. The molecule has 1 aromatic heterocycles. The summed E-state index contributed by atoms with van der Waals surface area (Å²) in [4.78, 5) is 25.3. The Morgan fingerprint density at radius 1 is 1.10 bits per heavy atom. The molecule has 3 rings (SSSR count). The lowest BCUT2D eigenvalue weighted by Gasteiger charge is -2.12. The maximum atomic E-state index is 12.8. The number of nitrogens with zero attached hydrogens (tertiary/aromatic N) is 3. The van der Waals surface area contributed by atoms with E-state index >= 15 is 0 Å². The zero-order valence-electron chi connectivity index (χ0n) is 16.4. The van der Waals surface area contributed by atoms with Crippen LogP contribution in [0.15, 0.2) is 48.5 Å². The van der Waals surface area contributed by atoms with E-state index in [2.05, 4.69) is 20.9 Å². The van der Waals surface area contributed by atoms with Gasteiger partial charge in [0, 0.05) is 11.6 Å². The van der Waals surface area contributed by atoms with Crippen LogP contribution < -0.4 is 10.6 Å². The highest BCUT2D eigenvalue weighted by molar-refractivity contribution is 6.30. The fourth-order valence-corrected chi connectivity index (χ4v) is 2.94. The number of anilines is 1. The molecule has 1 heterocycles. The molecule has 0 aliphatic rings. The number of aromatic nitrogens is 3. The molecule has 0 spiro atoms. The molecule has 0 saturated carbocycles. The van der Waals surface area contributed by atoms with Crippen LogP contribution in [0.3, 0.4) is 0 Å². The van der Waals surface area contributed by atoms with E-state index in [-0.39, 0.29) is 11.6 Å². The maximum Gasteiger partial charge on any atom is 0.278 e. The van der Waals surface area contributed by atoms with E-state index < -0.39 is 5.91 Å². The minimum atomic E-state index is -0.445. The number of hydrogen-bond acceptors (Lipinski definition) is 4. The van der Waals surface area contributed by atoms with Crippen molar-refractivity contribution < 1.29 is 9.59 Å². The first kappa shape index (κ1) is 20.5. The number of para-hydroxylation sites is 1. The predicted molar refractivity (Wildman–Crippen MR) is 113 cm³/mol. The van der Waals surface area contributed by atoms with Crippen LogP contribution >= 0.6 is 11.6 Å². The molecule has 2 amide bonds. The Labute approximate surface area is 174 Å². The number of halogens is 1. The topological polar surface area (TPSA) is 88.9 Å². The number of hydrogen-bond donors (Lipinski definition) is 2. The fourth-order valence-electron chi connectivity index (χ4n) is 2.76. The minimum absolute atomic E-state index is 0.169. The normalized spacial score (nSPS) is 10.8. The Bertz CT molecular complexity index is 1050. The van der Waals surface area contributed by atoms with Crippen molar-refractivity contribution in [2.75, 3.05) is 11.9 Å². The number of amides is 2. The van der Waals surface area contributed by atoms with Crippen LogP contribution in [0.25, 0.3) is 5.69 Å². The second-order valence-electron chi connectivity index (χ2n) is 7.02. The van der Waals surface area contributed by atoms with E-state index in [0.717, 1.165) is 0 Å². The van der Waals surface area contributed by atoms with Gasteiger partial charge >= 0.3 is 0 Å². The van der Waals surface area contributed by atoms with Crippen LogP contribution in [-0.4, -0.2) is 33.4 Å². The monoisotopic (exact) mass is 411 g/mol. The lowest BCUT2D eigenvalue weighted by molar-refractivity contribution is 0.0950. The van der Waals surface area contributed by atoms with Crippen LogP contribution in [0.4, 0.5) is 5.69 Å². The summed E-state index contributed by atoms with van der Waals surface area (Å²) < 4.78 is 1.54. The first-order valence-corrected chi connectivity index (χ1v) is 9.61. The van der Waals surface area contributed by atoms with E-state index in [4.69, 9.17) is 11.6 Å². The van der Waals surface area contributed by atoms with Gasteiger partial charge in [-0.05, 0) is 43.2 Å². The third-order valence-corrected chi connectivity index (χ3v) is 4.49. The highest BCUT2D eigenvalue weighted by Gasteiger charge is 2.20. The third-order valence-electron chi connectivity index (χ3n) is 4.25. The molecule has 2 aromatic carbocycles. The molecular weight excluding hydrogens is 390 g/mol. The van der Waals surface area contributed by atoms with Gasteiger partial charge in [0.15, 0.2) is 5.69 Å². The average molecular weight is 412 g/mol. The van der Waals surface area contributed by atoms with Crippen molar-refractivity contribution in [2.24, 2.45) is 5.92 Å². The van der Waals surface area contributed by atoms with Gasteiger partial charge in [-0.15, -0.1) is 5.10 Å². The van der Waals surface area contributed by atoms with E-state index in [1.54, 1.807) is 54.1 Å². The first-order valence-electron chi connectivity index (χ1n) is 9.23. The summed E-state index contributed by atoms with van der Waals surface area (Å²) in [5.74, 6) is -0.362. The van der Waals surface area contributed by atoms with Gasteiger partial charge in [0.05, 0.1) is 22.6 Å². The summed E-state index contributed by atoms with van der Waals surface area (Å²) >= 11 is 6.04. The number of nitrogens with one attached hydrogen (secondary N) is 2. The largest absolute Gasteiger partial charge is 0.352 e. The molecule has 0 aliphatic carbocycles. The molecule has 0 fully saturated rings. The van der Waals surface area contributed by atoms with Crippen molar-refractivity contribution in [1.82, 2.24) is 20.3 Å². The van der Waals surface area contributed by atoms with Crippen molar-refractivity contribution in [3.63, 3.8) is 0 Å². The smallest absolute Gasteiger partial charge is 0.278 e. The van der Waals surface area contributed by atoms with Crippen molar-refractivity contribution in [3.05, 3.63) is 70.5 Å². The molecule has 0 unspecified atom stereocenters. The van der Waals surface area contributed by atoms with Crippen molar-refractivity contribution in [2.45, 2.75) is 20.8 Å². The second kappa shape index (κ2) is 8.87. The summed E-state index contributed by atoms with van der Waals surface area (Å²) in [5, 5.41) is 14.3. The van der Waals surface area contributed by atoms with E-state index in [9.17, 15) is 9.59 Å². The van der Waals surface area contributed by atoms with Gasteiger partial charge in [-0.3, -0.25) is 9.59 Å². The lowest BCUT2D eigenvalue weighted by Crippen LogP contribution is -2.28. The van der Waals surface area contributed by atoms with Crippen LogP contribution in [0.5, 0.6) is 0 Å². The Morgan fingerprint density at radius 3 is 2.59 bits per heavy atom. The summed E-state index contributed by atoms with van der Waals surface area (Å²) in [6, 6.07) is 14.0. The lowest BCUT2D eigenvalue weighted by atomic mass is 10.1. The van der Waals surface area contributed by atoms with Crippen molar-refractivity contribution in [3.8, 4) is 5.69 Å². The van der Waals surface area contributed by atoms with Crippen LogP contribution in [0.1, 0.15) is 40.4 Å². The summed E-state index contributed by atoms with van der Waals surface area (Å²) in [6.07, 6.45) is 0. The molecule has 150 valence electrons. The van der Waals surface area contributed by atoms with Gasteiger partial charge in [-0.25, -0.2) is 4.68 Å². The van der Waals surface area contributed by atoms with Gasteiger partial charge in [-0.1, -0.05) is 48.9 Å². The fraction of sp³-hybridized carbons (Fsp3) is 0.238. The van der Waals surface area contributed by atoms with Gasteiger partial charge in [-0.2, -0.15) is 0 Å². The first-order chi connectivity index (χ1) is 13.9. The predicted octanol–water partition coefficient (Wildman–Crippen LogP) is 3.87. The molecule has 2 N–H and O–H groups in total. The van der Waals surface area contributed by atoms with Crippen molar-refractivity contribution >= 4 is 29.1 Å². The highest BCUT2D eigenvalue weighted by atomic mass is 35.5. The molecule has 0 radical (unpaired) electrons. The molecular formula is C21H22ClN5O2. The molecule has 0 bridgehead atoms. The second-order valence-corrected chi connectivity index (χ2v) is 7.46. The quantitative estimate of drug-likeness (QED) is 0.644.